The fourth-order valence-corrected chi connectivity index (χ4v) is 3.55. The third kappa shape index (κ3) is 4.09. The fraction of sp³-hybridized carbons (Fsp3) is 0.900. The summed E-state index contributed by atoms with van der Waals surface area (Å²) in [6.45, 7) is 3.19. The zero-order chi connectivity index (χ0) is 12.2. The van der Waals surface area contributed by atoms with Crippen LogP contribution in [0.4, 0.5) is 0 Å². The maximum absolute atomic E-state index is 11.6. The number of nitrogens with one attached hydrogen (secondary N) is 1. The third-order valence-electron chi connectivity index (χ3n) is 2.89. The molecule has 0 bridgehead atoms. The first-order valence-corrected chi connectivity index (χ1v) is 7.45. The molecule has 1 amide bonds. The predicted octanol–water partition coefficient (Wildman–Crippen LogP) is -0.478. The van der Waals surface area contributed by atoms with Gasteiger partial charge in [0.25, 0.3) is 0 Å². The molecule has 94 valence electrons. The van der Waals surface area contributed by atoms with E-state index < -0.39 is 9.84 Å². The number of amides is 1. The molecule has 1 saturated heterocycles. The van der Waals surface area contributed by atoms with E-state index in [1.165, 1.54) is 0 Å². The van der Waals surface area contributed by atoms with E-state index in [2.05, 4.69) is 5.32 Å². The second kappa shape index (κ2) is 5.63. The number of nitrogens with two attached hydrogens (primary N) is 1. The summed E-state index contributed by atoms with van der Waals surface area (Å²) in [6.07, 6.45) is 1.32. The molecule has 5 nitrogen and oxygen atoms in total. The molecule has 0 aliphatic carbocycles. The molecule has 1 aliphatic rings. The van der Waals surface area contributed by atoms with Crippen LogP contribution < -0.4 is 11.1 Å². The van der Waals surface area contributed by atoms with Gasteiger partial charge in [0.05, 0.1) is 17.4 Å². The lowest BCUT2D eigenvalue weighted by molar-refractivity contribution is -0.124. The molecule has 1 rings (SSSR count). The SMILES string of the molecule is CC(CCN)CNC(=O)C1CCS(=O)(=O)C1. The Morgan fingerprint density at radius 2 is 2.25 bits per heavy atom. The van der Waals surface area contributed by atoms with E-state index in [9.17, 15) is 13.2 Å². The molecule has 1 heterocycles. The molecule has 1 fully saturated rings. The molecule has 0 radical (unpaired) electrons. The van der Waals surface area contributed by atoms with Crippen LogP contribution in [0.2, 0.25) is 0 Å². The molecule has 0 aromatic carbocycles. The highest BCUT2D eigenvalue weighted by Crippen LogP contribution is 2.18. The van der Waals surface area contributed by atoms with Crippen molar-refractivity contribution >= 4 is 15.7 Å². The van der Waals surface area contributed by atoms with Crippen LogP contribution in [0.15, 0.2) is 0 Å². The first-order chi connectivity index (χ1) is 7.44. The number of hydrogen-bond donors (Lipinski definition) is 2. The molecule has 0 spiro atoms. The van der Waals surface area contributed by atoms with Crippen LogP contribution in [0.25, 0.3) is 0 Å². The van der Waals surface area contributed by atoms with Gasteiger partial charge in [-0.1, -0.05) is 6.92 Å². The van der Waals surface area contributed by atoms with Crippen molar-refractivity contribution < 1.29 is 13.2 Å². The zero-order valence-electron chi connectivity index (χ0n) is 9.61. The van der Waals surface area contributed by atoms with Crippen LogP contribution in [0.3, 0.4) is 0 Å². The Bertz CT molecular complexity index is 340. The number of sulfone groups is 1. The Hall–Kier alpha value is -0.620. The average Bonchev–Trinajstić information content (AvgIpc) is 2.56. The molecule has 1 aliphatic heterocycles. The van der Waals surface area contributed by atoms with E-state index in [4.69, 9.17) is 5.73 Å². The minimum atomic E-state index is -2.97. The van der Waals surface area contributed by atoms with Gasteiger partial charge in [0.1, 0.15) is 0 Å². The Balaban J connectivity index is 2.31. The number of hydrogen-bond acceptors (Lipinski definition) is 4. The van der Waals surface area contributed by atoms with Crippen molar-refractivity contribution in [1.82, 2.24) is 5.32 Å². The first kappa shape index (κ1) is 13.4. The van der Waals surface area contributed by atoms with Gasteiger partial charge in [-0.25, -0.2) is 8.42 Å². The molecule has 0 saturated carbocycles. The predicted molar refractivity (Wildman–Crippen MR) is 62.6 cm³/mol. The molecular formula is C10H20N2O3S. The van der Waals surface area contributed by atoms with Crippen LogP contribution in [0, 0.1) is 11.8 Å². The van der Waals surface area contributed by atoms with Crippen molar-refractivity contribution in [3.8, 4) is 0 Å². The molecule has 0 aromatic rings. The lowest BCUT2D eigenvalue weighted by Crippen LogP contribution is -2.34. The summed E-state index contributed by atoms with van der Waals surface area (Å²) >= 11 is 0. The monoisotopic (exact) mass is 248 g/mol. The van der Waals surface area contributed by atoms with Gasteiger partial charge in [-0.2, -0.15) is 0 Å². The average molecular weight is 248 g/mol. The summed E-state index contributed by atoms with van der Waals surface area (Å²) in [7, 11) is -2.97. The minimum Gasteiger partial charge on any atom is -0.356 e. The number of rotatable bonds is 5. The van der Waals surface area contributed by atoms with Gasteiger partial charge < -0.3 is 11.1 Å². The van der Waals surface area contributed by atoms with Crippen molar-refractivity contribution in [1.29, 1.82) is 0 Å². The smallest absolute Gasteiger partial charge is 0.224 e. The molecule has 2 unspecified atom stereocenters. The largest absolute Gasteiger partial charge is 0.356 e. The Morgan fingerprint density at radius 3 is 2.75 bits per heavy atom. The summed E-state index contributed by atoms with van der Waals surface area (Å²) in [5.41, 5.74) is 5.40. The fourth-order valence-electron chi connectivity index (χ4n) is 1.81. The first-order valence-electron chi connectivity index (χ1n) is 5.63. The summed E-state index contributed by atoms with van der Waals surface area (Å²) in [6, 6.07) is 0. The standard InChI is InChI=1S/C10H20N2O3S/c1-8(2-4-11)6-12-10(13)9-3-5-16(14,15)7-9/h8-9H,2-7,11H2,1H3,(H,12,13). The van der Waals surface area contributed by atoms with Crippen LogP contribution in [0.5, 0.6) is 0 Å². The maximum atomic E-state index is 11.6. The molecule has 3 N–H and O–H groups in total. The Labute approximate surface area is 96.7 Å². The quantitative estimate of drug-likeness (QED) is 0.688. The summed E-state index contributed by atoms with van der Waals surface area (Å²) in [5, 5.41) is 2.79. The van der Waals surface area contributed by atoms with E-state index >= 15 is 0 Å². The third-order valence-corrected chi connectivity index (χ3v) is 4.66. The van der Waals surface area contributed by atoms with Gasteiger partial charge in [0.2, 0.25) is 5.91 Å². The van der Waals surface area contributed by atoms with E-state index in [1.807, 2.05) is 6.92 Å². The van der Waals surface area contributed by atoms with Crippen molar-refractivity contribution in [2.75, 3.05) is 24.6 Å². The van der Waals surface area contributed by atoms with Crippen molar-refractivity contribution in [2.24, 2.45) is 17.6 Å². The maximum Gasteiger partial charge on any atom is 0.224 e. The lowest BCUT2D eigenvalue weighted by atomic mass is 10.1. The topological polar surface area (TPSA) is 89.3 Å². The van der Waals surface area contributed by atoms with Gasteiger partial charge in [-0.15, -0.1) is 0 Å². The second-order valence-electron chi connectivity index (χ2n) is 4.53. The Kier molecular flexibility index (Phi) is 4.73. The molecule has 0 aromatic heterocycles. The van der Waals surface area contributed by atoms with Crippen molar-refractivity contribution in [3.05, 3.63) is 0 Å². The summed E-state index contributed by atoms with van der Waals surface area (Å²) in [5.74, 6) is 0.0000605. The molecular weight excluding hydrogens is 228 g/mol. The van der Waals surface area contributed by atoms with E-state index in [0.717, 1.165) is 6.42 Å². The lowest BCUT2D eigenvalue weighted by Gasteiger charge is -2.13. The number of carbonyl (C=O) groups is 1. The highest BCUT2D eigenvalue weighted by atomic mass is 32.2. The van der Waals surface area contributed by atoms with Crippen LogP contribution >= 0.6 is 0 Å². The van der Waals surface area contributed by atoms with Gasteiger partial charge in [0, 0.05) is 6.54 Å². The second-order valence-corrected chi connectivity index (χ2v) is 6.76. The highest BCUT2D eigenvalue weighted by molar-refractivity contribution is 7.91. The van der Waals surface area contributed by atoms with Crippen LogP contribution in [-0.2, 0) is 14.6 Å². The number of carbonyl (C=O) groups excluding carboxylic acids is 1. The van der Waals surface area contributed by atoms with E-state index in [0.29, 0.717) is 25.4 Å². The van der Waals surface area contributed by atoms with Gasteiger partial charge in [-0.05, 0) is 25.3 Å². The van der Waals surface area contributed by atoms with Crippen molar-refractivity contribution in [2.45, 2.75) is 19.8 Å². The minimum absolute atomic E-state index is 0.00407. The molecule has 16 heavy (non-hydrogen) atoms. The van der Waals surface area contributed by atoms with Crippen molar-refractivity contribution in [3.63, 3.8) is 0 Å². The zero-order valence-corrected chi connectivity index (χ0v) is 10.4. The summed E-state index contributed by atoms with van der Waals surface area (Å²) in [4.78, 5) is 11.6. The highest BCUT2D eigenvalue weighted by Gasteiger charge is 2.32. The van der Waals surface area contributed by atoms with Crippen LogP contribution in [0.1, 0.15) is 19.8 Å². The van der Waals surface area contributed by atoms with E-state index in [-0.39, 0.29) is 23.3 Å². The van der Waals surface area contributed by atoms with Gasteiger partial charge in [0.15, 0.2) is 9.84 Å². The van der Waals surface area contributed by atoms with Crippen LogP contribution in [-0.4, -0.2) is 38.9 Å². The van der Waals surface area contributed by atoms with Gasteiger partial charge >= 0.3 is 0 Å². The van der Waals surface area contributed by atoms with E-state index in [1.54, 1.807) is 0 Å². The normalized spacial score (nSPS) is 25.2. The molecule has 6 heteroatoms. The summed E-state index contributed by atoms with van der Waals surface area (Å²) < 4.78 is 22.4. The Morgan fingerprint density at radius 1 is 1.56 bits per heavy atom. The van der Waals surface area contributed by atoms with Gasteiger partial charge in [-0.3, -0.25) is 4.79 Å². The molecule has 2 atom stereocenters.